The number of likely N-dealkylation sites (N-methyl/N-ethyl adjacent to an activating group) is 1. The van der Waals surface area contributed by atoms with Gasteiger partial charge in [-0.1, -0.05) is 13.8 Å². The average Bonchev–Trinajstić information content (AvgIpc) is 2.87. The zero-order chi connectivity index (χ0) is 12.3. The second kappa shape index (κ2) is 5.55. The van der Waals surface area contributed by atoms with Crippen molar-refractivity contribution in [2.45, 2.75) is 38.8 Å². The molecule has 1 aromatic heterocycles. The highest BCUT2D eigenvalue weighted by Gasteiger charge is 2.32. The molecule has 0 saturated carbocycles. The molecule has 2 heterocycles. The van der Waals surface area contributed by atoms with Crippen LogP contribution in [-0.4, -0.2) is 45.5 Å². The molecular weight excluding hydrogens is 218 g/mol. The molecule has 1 N–H and O–H groups in total. The van der Waals surface area contributed by atoms with Gasteiger partial charge in [0.15, 0.2) is 5.82 Å². The Hall–Kier alpha value is -1.01. The molecule has 3 unspecified atom stereocenters. The predicted octanol–water partition coefficient (Wildman–Crippen LogP) is 0.156. The van der Waals surface area contributed by atoms with Crippen molar-refractivity contribution < 1.29 is 4.74 Å². The van der Waals surface area contributed by atoms with Crippen LogP contribution in [0, 0.1) is 5.92 Å². The van der Waals surface area contributed by atoms with Crippen molar-refractivity contribution in [1.82, 2.24) is 25.5 Å². The summed E-state index contributed by atoms with van der Waals surface area (Å²) < 4.78 is 5.81. The van der Waals surface area contributed by atoms with Gasteiger partial charge in [-0.25, -0.2) is 0 Å². The smallest absolute Gasteiger partial charge is 0.176 e. The maximum atomic E-state index is 5.81. The number of aryl methyl sites for hydroxylation is 1. The molecule has 96 valence electrons. The van der Waals surface area contributed by atoms with E-state index in [0.29, 0.717) is 5.92 Å². The molecule has 0 bridgehead atoms. The molecule has 0 aromatic carbocycles. The van der Waals surface area contributed by atoms with Gasteiger partial charge in [-0.3, -0.25) is 0 Å². The van der Waals surface area contributed by atoms with Crippen molar-refractivity contribution in [3.8, 4) is 0 Å². The number of aromatic nitrogens is 4. The lowest BCUT2D eigenvalue weighted by Crippen LogP contribution is -2.44. The third kappa shape index (κ3) is 3.01. The van der Waals surface area contributed by atoms with Crippen molar-refractivity contribution in [3.05, 3.63) is 5.82 Å². The fraction of sp³-hybridized carbons (Fsp3) is 0.909. The predicted molar refractivity (Wildman–Crippen MR) is 63.5 cm³/mol. The molecule has 0 amide bonds. The van der Waals surface area contributed by atoms with Crippen LogP contribution in [0.3, 0.4) is 0 Å². The van der Waals surface area contributed by atoms with Crippen molar-refractivity contribution in [3.63, 3.8) is 0 Å². The van der Waals surface area contributed by atoms with E-state index >= 15 is 0 Å². The first kappa shape index (κ1) is 12.4. The fourth-order valence-electron chi connectivity index (χ4n) is 2.40. The normalized spacial score (nSPS) is 26.3. The van der Waals surface area contributed by atoms with Crippen LogP contribution in [0.15, 0.2) is 0 Å². The SMILES string of the molecule is CCNC(Cc1nnn(C)n1)C1OCCC1C. The minimum Gasteiger partial charge on any atom is -0.376 e. The van der Waals surface area contributed by atoms with Gasteiger partial charge in [0, 0.05) is 19.1 Å². The summed E-state index contributed by atoms with van der Waals surface area (Å²) in [5.74, 6) is 1.37. The minimum atomic E-state index is 0.263. The van der Waals surface area contributed by atoms with E-state index in [4.69, 9.17) is 4.74 Å². The van der Waals surface area contributed by atoms with Gasteiger partial charge in [0.25, 0.3) is 0 Å². The lowest BCUT2D eigenvalue weighted by atomic mass is 9.95. The molecule has 17 heavy (non-hydrogen) atoms. The van der Waals surface area contributed by atoms with Crippen LogP contribution >= 0.6 is 0 Å². The molecule has 0 spiro atoms. The standard InChI is InChI=1S/C11H21N5O/c1-4-12-9(11-8(2)5-6-17-11)7-10-13-15-16(3)14-10/h8-9,11-12H,4-7H2,1-3H3. The molecule has 2 rings (SSSR count). The Balaban J connectivity index is 2.01. The summed E-state index contributed by atoms with van der Waals surface area (Å²) in [5.41, 5.74) is 0. The second-order valence-electron chi connectivity index (χ2n) is 4.66. The Kier molecular flexibility index (Phi) is 4.06. The Morgan fingerprint density at radius 1 is 1.59 bits per heavy atom. The quantitative estimate of drug-likeness (QED) is 0.792. The van der Waals surface area contributed by atoms with Crippen LogP contribution in [0.1, 0.15) is 26.1 Å². The zero-order valence-corrected chi connectivity index (χ0v) is 10.8. The summed E-state index contributed by atoms with van der Waals surface area (Å²) >= 11 is 0. The minimum absolute atomic E-state index is 0.263. The Morgan fingerprint density at radius 3 is 2.94 bits per heavy atom. The summed E-state index contributed by atoms with van der Waals surface area (Å²) in [4.78, 5) is 1.50. The van der Waals surface area contributed by atoms with Gasteiger partial charge < -0.3 is 10.1 Å². The highest BCUT2D eigenvalue weighted by Crippen LogP contribution is 2.24. The average molecular weight is 239 g/mol. The third-order valence-electron chi connectivity index (χ3n) is 3.26. The van der Waals surface area contributed by atoms with E-state index in [0.717, 1.165) is 31.8 Å². The van der Waals surface area contributed by atoms with Crippen LogP contribution in [0.5, 0.6) is 0 Å². The van der Waals surface area contributed by atoms with E-state index in [1.165, 1.54) is 4.80 Å². The van der Waals surface area contributed by atoms with Gasteiger partial charge in [-0.2, -0.15) is 4.80 Å². The second-order valence-corrected chi connectivity index (χ2v) is 4.66. The maximum absolute atomic E-state index is 5.81. The van der Waals surface area contributed by atoms with Crippen molar-refractivity contribution in [1.29, 1.82) is 0 Å². The number of hydrogen-bond acceptors (Lipinski definition) is 5. The first-order chi connectivity index (χ1) is 8.20. The van der Waals surface area contributed by atoms with Gasteiger partial charge in [0.1, 0.15) is 0 Å². The first-order valence-electron chi connectivity index (χ1n) is 6.28. The van der Waals surface area contributed by atoms with Crippen molar-refractivity contribution in [2.75, 3.05) is 13.2 Å². The number of nitrogens with zero attached hydrogens (tertiary/aromatic N) is 4. The van der Waals surface area contributed by atoms with Crippen LogP contribution in [0.4, 0.5) is 0 Å². The first-order valence-corrected chi connectivity index (χ1v) is 6.28. The van der Waals surface area contributed by atoms with Gasteiger partial charge >= 0.3 is 0 Å². The molecule has 1 aliphatic rings. The third-order valence-corrected chi connectivity index (χ3v) is 3.26. The lowest BCUT2D eigenvalue weighted by Gasteiger charge is -2.25. The molecule has 0 aliphatic carbocycles. The maximum Gasteiger partial charge on any atom is 0.176 e. The van der Waals surface area contributed by atoms with Crippen LogP contribution in [0.2, 0.25) is 0 Å². The molecular formula is C11H21N5O. The van der Waals surface area contributed by atoms with E-state index in [-0.39, 0.29) is 12.1 Å². The number of rotatable bonds is 5. The highest BCUT2D eigenvalue weighted by atomic mass is 16.5. The number of nitrogens with one attached hydrogen (secondary N) is 1. The summed E-state index contributed by atoms with van der Waals surface area (Å²) in [5, 5.41) is 15.6. The Bertz CT molecular complexity index is 353. The van der Waals surface area contributed by atoms with E-state index in [2.05, 4.69) is 34.6 Å². The lowest BCUT2D eigenvalue weighted by molar-refractivity contribution is 0.0609. The summed E-state index contributed by atoms with van der Waals surface area (Å²) in [6.45, 7) is 6.14. The number of hydrogen-bond donors (Lipinski definition) is 1. The summed E-state index contributed by atoms with van der Waals surface area (Å²) in [7, 11) is 1.79. The largest absolute Gasteiger partial charge is 0.376 e. The van der Waals surface area contributed by atoms with Crippen molar-refractivity contribution >= 4 is 0 Å². The zero-order valence-electron chi connectivity index (χ0n) is 10.8. The highest BCUT2D eigenvalue weighted by molar-refractivity contribution is 4.92. The van der Waals surface area contributed by atoms with Crippen LogP contribution < -0.4 is 5.32 Å². The monoisotopic (exact) mass is 239 g/mol. The van der Waals surface area contributed by atoms with Crippen LogP contribution in [0.25, 0.3) is 0 Å². The number of ether oxygens (including phenoxy) is 1. The van der Waals surface area contributed by atoms with E-state index in [1.54, 1.807) is 7.05 Å². The van der Waals surface area contributed by atoms with E-state index in [1.807, 2.05) is 0 Å². The molecule has 6 nitrogen and oxygen atoms in total. The molecule has 1 fully saturated rings. The molecule has 1 saturated heterocycles. The van der Waals surface area contributed by atoms with Gasteiger partial charge in [-0.15, -0.1) is 10.2 Å². The number of tetrazole rings is 1. The van der Waals surface area contributed by atoms with Gasteiger partial charge in [-0.05, 0) is 24.1 Å². The Morgan fingerprint density at radius 2 is 2.41 bits per heavy atom. The summed E-state index contributed by atoms with van der Waals surface area (Å²) in [6.07, 6.45) is 2.18. The Labute approximate surface area is 102 Å². The summed E-state index contributed by atoms with van der Waals surface area (Å²) in [6, 6.07) is 0.279. The van der Waals surface area contributed by atoms with Gasteiger partial charge in [0.2, 0.25) is 0 Å². The molecule has 1 aliphatic heterocycles. The van der Waals surface area contributed by atoms with Crippen molar-refractivity contribution in [2.24, 2.45) is 13.0 Å². The fourth-order valence-corrected chi connectivity index (χ4v) is 2.40. The van der Waals surface area contributed by atoms with Gasteiger partial charge in [0.05, 0.1) is 13.2 Å². The molecule has 1 aromatic rings. The molecule has 6 heteroatoms. The van der Waals surface area contributed by atoms with E-state index < -0.39 is 0 Å². The topological polar surface area (TPSA) is 64.9 Å². The molecule has 0 radical (unpaired) electrons. The van der Waals surface area contributed by atoms with E-state index in [9.17, 15) is 0 Å². The van der Waals surface area contributed by atoms with Crippen LogP contribution in [-0.2, 0) is 18.2 Å². The molecule has 3 atom stereocenters.